The quantitative estimate of drug-likeness (QED) is 0.890. The molecule has 1 spiro atoms. The molecule has 0 radical (unpaired) electrons. The topological polar surface area (TPSA) is 68.1 Å². The van der Waals surface area contributed by atoms with Crippen LogP contribution in [-0.2, 0) is 18.3 Å². The van der Waals surface area contributed by atoms with Crippen molar-refractivity contribution in [1.29, 1.82) is 0 Å². The van der Waals surface area contributed by atoms with Gasteiger partial charge in [-0.15, -0.1) is 0 Å². The van der Waals surface area contributed by atoms with Gasteiger partial charge in [0.1, 0.15) is 0 Å². The first-order valence-electron chi connectivity index (χ1n) is 8.99. The van der Waals surface area contributed by atoms with Gasteiger partial charge in [-0.2, -0.15) is 5.10 Å². The lowest BCUT2D eigenvalue weighted by atomic mass is 9.83. The van der Waals surface area contributed by atoms with Gasteiger partial charge in [0.25, 0.3) is 0 Å². The summed E-state index contributed by atoms with van der Waals surface area (Å²) >= 11 is 0. The largest absolute Gasteiger partial charge is 0.372 e. The Balaban J connectivity index is 1.21. The number of ether oxygens (including phenoxy) is 1. The molecule has 2 aromatic heterocycles. The number of nitrogens with one attached hydrogen (secondary N) is 1. The standard InChI is InChI=1S/C18H26N6O/c1-14-8-16(23(2)22-14)10-24-12-18(13-24)5-4-15(11-25-18)9-21-17-19-6-3-7-20-17/h3,6-8,15H,4-5,9-13H2,1-2H3,(H,19,20,21)/t15-/m1/s1. The monoisotopic (exact) mass is 342 g/mol. The molecule has 0 amide bonds. The Hall–Kier alpha value is -1.99. The van der Waals surface area contributed by atoms with Crippen molar-refractivity contribution in [1.82, 2.24) is 24.6 Å². The van der Waals surface area contributed by atoms with Crippen LogP contribution in [0.25, 0.3) is 0 Å². The predicted molar refractivity (Wildman–Crippen MR) is 95.2 cm³/mol. The molecule has 2 fully saturated rings. The van der Waals surface area contributed by atoms with Crippen molar-refractivity contribution < 1.29 is 4.74 Å². The number of aromatic nitrogens is 4. The number of nitrogens with zero attached hydrogens (tertiary/aromatic N) is 5. The van der Waals surface area contributed by atoms with E-state index in [0.717, 1.165) is 44.9 Å². The van der Waals surface area contributed by atoms with E-state index in [1.54, 1.807) is 12.4 Å². The first-order chi connectivity index (χ1) is 12.1. The highest BCUT2D eigenvalue weighted by Crippen LogP contribution is 2.36. The maximum Gasteiger partial charge on any atom is 0.222 e. The highest BCUT2D eigenvalue weighted by atomic mass is 16.5. The molecule has 2 aliphatic heterocycles. The zero-order chi connectivity index (χ0) is 17.3. The normalized spacial score (nSPS) is 22.7. The molecule has 2 saturated heterocycles. The van der Waals surface area contributed by atoms with E-state index < -0.39 is 0 Å². The average molecular weight is 342 g/mol. The lowest BCUT2D eigenvalue weighted by molar-refractivity contribution is -0.180. The fraction of sp³-hybridized carbons (Fsp3) is 0.611. The van der Waals surface area contributed by atoms with Gasteiger partial charge in [-0.25, -0.2) is 9.97 Å². The Bertz CT molecular complexity index is 700. The van der Waals surface area contributed by atoms with Crippen molar-refractivity contribution in [2.24, 2.45) is 13.0 Å². The van der Waals surface area contributed by atoms with Crippen molar-refractivity contribution in [2.75, 3.05) is 31.6 Å². The summed E-state index contributed by atoms with van der Waals surface area (Å²) in [7, 11) is 2.02. The molecule has 1 N–H and O–H groups in total. The molecule has 134 valence electrons. The van der Waals surface area contributed by atoms with Gasteiger partial charge in [0.2, 0.25) is 5.95 Å². The summed E-state index contributed by atoms with van der Waals surface area (Å²) in [6.07, 6.45) is 5.84. The highest BCUT2D eigenvalue weighted by molar-refractivity contribution is 5.22. The first kappa shape index (κ1) is 16.5. The van der Waals surface area contributed by atoms with Crippen LogP contribution in [0.3, 0.4) is 0 Å². The van der Waals surface area contributed by atoms with Gasteiger partial charge < -0.3 is 10.1 Å². The molecular formula is C18H26N6O. The van der Waals surface area contributed by atoms with E-state index in [-0.39, 0.29) is 5.60 Å². The first-order valence-corrected chi connectivity index (χ1v) is 8.99. The van der Waals surface area contributed by atoms with Gasteiger partial charge in [-0.05, 0) is 37.8 Å². The van der Waals surface area contributed by atoms with Crippen LogP contribution in [0.4, 0.5) is 5.95 Å². The fourth-order valence-corrected chi connectivity index (χ4v) is 3.88. The fourth-order valence-electron chi connectivity index (χ4n) is 3.88. The molecule has 2 aliphatic rings. The van der Waals surface area contributed by atoms with Crippen molar-refractivity contribution >= 4 is 5.95 Å². The van der Waals surface area contributed by atoms with E-state index >= 15 is 0 Å². The molecule has 25 heavy (non-hydrogen) atoms. The van der Waals surface area contributed by atoms with E-state index in [4.69, 9.17) is 4.74 Å². The van der Waals surface area contributed by atoms with Crippen LogP contribution in [-0.4, -0.2) is 56.5 Å². The Kier molecular flexibility index (Phi) is 4.43. The van der Waals surface area contributed by atoms with Crippen LogP contribution in [0.2, 0.25) is 0 Å². The summed E-state index contributed by atoms with van der Waals surface area (Å²) in [6, 6.07) is 3.99. The minimum atomic E-state index is 0.0768. The minimum absolute atomic E-state index is 0.0768. The molecule has 2 aromatic rings. The molecule has 0 bridgehead atoms. The van der Waals surface area contributed by atoms with Crippen molar-refractivity contribution in [3.63, 3.8) is 0 Å². The lowest BCUT2D eigenvalue weighted by Crippen LogP contribution is -2.64. The van der Waals surface area contributed by atoms with Gasteiger partial charge in [-0.1, -0.05) is 0 Å². The Morgan fingerprint density at radius 1 is 1.32 bits per heavy atom. The third-order valence-corrected chi connectivity index (χ3v) is 5.26. The van der Waals surface area contributed by atoms with Gasteiger partial charge >= 0.3 is 0 Å². The van der Waals surface area contributed by atoms with Crippen LogP contribution in [0.1, 0.15) is 24.2 Å². The van der Waals surface area contributed by atoms with E-state index in [1.807, 2.05) is 24.7 Å². The lowest BCUT2D eigenvalue weighted by Gasteiger charge is -2.53. The van der Waals surface area contributed by atoms with Crippen LogP contribution >= 0.6 is 0 Å². The minimum Gasteiger partial charge on any atom is -0.372 e. The second-order valence-electron chi connectivity index (χ2n) is 7.40. The molecule has 0 saturated carbocycles. The van der Waals surface area contributed by atoms with Gasteiger partial charge in [-0.3, -0.25) is 9.58 Å². The second kappa shape index (κ2) is 6.72. The zero-order valence-corrected chi connectivity index (χ0v) is 15.0. The van der Waals surface area contributed by atoms with Crippen LogP contribution < -0.4 is 5.32 Å². The van der Waals surface area contributed by atoms with E-state index in [2.05, 4.69) is 31.3 Å². The summed E-state index contributed by atoms with van der Waals surface area (Å²) in [5.74, 6) is 1.23. The molecule has 4 rings (SSSR count). The maximum absolute atomic E-state index is 6.26. The van der Waals surface area contributed by atoms with E-state index in [0.29, 0.717) is 11.9 Å². The van der Waals surface area contributed by atoms with Gasteiger partial charge in [0.05, 0.1) is 23.6 Å². The molecule has 4 heterocycles. The molecule has 0 unspecified atom stereocenters. The number of aryl methyl sites for hydroxylation is 2. The summed E-state index contributed by atoms with van der Waals surface area (Å²) in [6.45, 7) is 6.74. The molecular weight excluding hydrogens is 316 g/mol. The van der Waals surface area contributed by atoms with Crippen molar-refractivity contribution in [3.8, 4) is 0 Å². The molecule has 1 atom stereocenters. The average Bonchev–Trinajstić information content (AvgIpc) is 2.91. The molecule has 7 heteroatoms. The molecule has 0 aromatic carbocycles. The Labute approximate surface area is 148 Å². The van der Waals surface area contributed by atoms with Gasteiger partial charge in [0, 0.05) is 45.6 Å². The van der Waals surface area contributed by atoms with Crippen molar-refractivity contribution in [2.45, 2.75) is 31.9 Å². The van der Waals surface area contributed by atoms with E-state index in [9.17, 15) is 0 Å². The van der Waals surface area contributed by atoms with Crippen LogP contribution in [0.5, 0.6) is 0 Å². The Morgan fingerprint density at radius 3 is 2.76 bits per heavy atom. The highest BCUT2D eigenvalue weighted by Gasteiger charge is 2.46. The summed E-state index contributed by atoms with van der Waals surface area (Å²) in [5, 5.41) is 7.73. The smallest absolute Gasteiger partial charge is 0.222 e. The number of hydrogen-bond acceptors (Lipinski definition) is 6. The second-order valence-corrected chi connectivity index (χ2v) is 7.40. The summed E-state index contributed by atoms with van der Waals surface area (Å²) in [4.78, 5) is 10.9. The van der Waals surface area contributed by atoms with Gasteiger partial charge in [0.15, 0.2) is 0 Å². The number of rotatable bonds is 5. The summed E-state index contributed by atoms with van der Waals surface area (Å²) in [5.41, 5.74) is 2.43. The molecule has 7 nitrogen and oxygen atoms in total. The van der Waals surface area contributed by atoms with Crippen molar-refractivity contribution in [3.05, 3.63) is 35.9 Å². The predicted octanol–water partition coefficient (Wildman–Crippen LogP) is 1.61. The molecule has 0 aliphatic carbocycles. The number of likely N-dealkylation sites (tertiary alicyclic amines) is 1. The van der Waals surface area contributed by atoms with Crippen LogP contribution in [0.15, 0.2) is 24.5 Å². The number of hydrogen-bond donors (Lipinski definition) is 1. The maximum atomic E-state index is 6.26. The van der Waals surface area contributed by atoms with E-state index in [1.165, 1.54) is 12.1 Å². The zero-order valence-electron chi connectivity index (χ0n) is 15.0. The van der Waals surface area contributed by atoms with Crippen LogP contribution in [0, 0.1) is 12.8 Å². The SMILES string of the molecule is Cc1cc(CN2CC3(CC[C@H](CNc4ncccn4)CO3)C2)n(C)n1. The summed E-state index contributed by atoms with van der Waals surface area (Å²) < 4.78 is 8.24. The number of anilines is 1. The third kappa shape index (κ3) is 3.67. The third-order valence-electron chi connectivity index (χ3n) is 5.26. The Morgan fingerprint density at radius 2 is 2.12 bits per heavy atom.